The minimum atomic E-state index is -4.53. The van der Waals surface area contributed by atoms with Gasteiger partial charge in [-0.3, -0.25) is 15.0 Å². The Kier molecular flexibility index (Phi) is 3.83. The topological polar surface area (TPSA) is 70.8 Å². The third-order valence-electron chi connectivity index (χ3n) is 4.58. The first-order chi connectivity index (χ1) is 12.3. The molecule has 0 fully saturated rings. The van der Waals surface area contributed by atoms with E-state index in [9.17, 15) is 17.6 Å². The van der Waals surface area contributed by atoms with E-state index in [0.29, 0.717) is 33.4 Å². The van der Waals surface area contributed by atoms with Crippen LogP contribution < -0.4 is 5.73 Å². The Morgan fingerprint density at radius 2 is 2.00 bits per heavy atom. The van der Waals surface area contributed by atoms with Crippen molar-refractivity contribution in [3.8, 4) is 0 Å². The molecule has 0 radical (unpaired) electrons. The van der Waals surface area contributed by atoms with E-state index in [-0.39, 0.29) is 6.42 Å². The van der Waals surface area contributed by atoms with Gasteiger partial charge in [-0.25, -0.2) is 4.39 Å². The van der Waals surface area contributed by atoms with E-state index in [4.69, 9.17) is 5.73 Å². The van der Waals surface area contributed by atoms with Crippen molar-refractivity contribution in [2.24, 2.45) is 0 Å². The second-order valence-electron chi connectivity index (χ2n) is 6.31. The van der Waals surface area contributed by atoms with E-state index in [0.717, 1.165) is 4.90 Å². The monoisotopic (exact) mass is 365 g/mol. The minimum Gasteiger partial charge on any atom is -0.397 e. The summed E-state index contributed by atoms with van der Waals surface area (Å²) in [6.07, 6.45) is -3.55. The van der Waals surface area contributed by atoms with Crippen LogP contribution >= 0.6 is 0 Å². The second-order valence-corrected chi connectivity index (χ2v) is 6.31. The number of hydrogen-bond donors (Lipinski definition) is 2. The predicted octanol–water partition coefficient (Wildman–Crippen LogP) is 3.35. The van der Waals surface area contributed by atoms with Gasteiger partial charge in [0.25, 0.3) is 0 Å². The average Bonchev–Trinajstić information content (AvgIpc) is 3.05. The molecule has 0 unspecified atom stereocenters. The predicted molar refractivity (Wildman–Crippen MR) is 87.9 cm³/mol. The number of alkyl halides is 4. The number of nitrogens with one attached hydrogen (secondary N) is 1. The van der Waals surface area contributed by atoms with E-state index in [1.54, 1.807) is 24.4 Å². The van der Waals surface area contributed by atoms with E-state index in [1.165, 1.54) is 12.3 Å². The molecular formula is C17H15F4N5. The number of hydrogen-bond acceptors (Lipinski definition) is 4. The Bertz CT molecular complexity index is 934. The first-order valence-electron chi connectivity index (χ1n) is 7.96. The van der Waals surface area contributed by atoms with Gasteiger partial charge >= 0.3 is 6.18 Å². The molecule has 4 rings (SSSR count). The highest BCUT2D eigenvalue weighted by molar-refractivity contribution is 5.83. The van der Waals surface area contributed by atoms with Crippen molar-refractivity contribution in [1.29, 1.82) is 0 Å². The van der Waals surface area contributed by atoms with Crippen molar-refractivity contribution in [3.05, 3.63) is 53.5 Å². The van der Waals surface area contributed by atoms with Crippen molar-refractivity contribution >= 4 is 16.6 Å². The zero-order valence-corrected chi connectivity index (χ0v) is 13.5. The number of aromatic nitrogens is 3. The summed E-state index contributed by atoms with van der Waals surface area (Å²) < 4.78 is 54.1. The molecule has 3 aromatic rings. The minimum absolute atomic E-state index is 0.145. The molecule has 0 saturated heterocycles. The van der Waals surface area contributed by atoms with Gasteiger partial charge in [-0.05, 0) is 29.3 Å². The summed E-state index contributed by atoms with van der Waals surface area (Å²) in [6, 6.07) is 5.55. The highest BCUT2D eigenvalue weighted by Gasteiger charge is 2.43. The Balaban J connectivity index is 1.89. The molecule has 5 nitrogen and oxygen atoms in total. The van der Waals surface area contributed by atoms with Crippen LogP contribution in [0.15, 0.2) is 36.7 Å². The molecule has 1 aromatic carbocycles. The third kappa shape index (κ3) is 2.88. The van der Waals surface area contributed by atoms with Gasteiger partial charge in [0.2, 0.25) is 0 Å². The normalized spacial score (nSPS) is 21.1. The molecule has 2 aromatic heterocycles. The number of fused-ring (bicyclic) bond motifs is 3. The SMILES string of the molecule is Nc1ccc([C@@H]2c3ccc4[nH]ncc4c3C[C@@H](F)N2CC(F)(F)F)nc1. The smallest absolute Gasteiger partial charge is 0.397 e. The zero-order chi connectivity index (χ0) is 18.5. The van der Waals surface area contributed by atoms with Crippen LogP contribution in [0.5, 0.6) is 0 Å². The highest BCUT2D eigenvalue weighted by atomic mass is 19.4. The quantitative estimate of drug-likeness (QED) is 0.540. The number of halogens is 4. The molecule has 0 saturated carbocycles. The van der Waals surface area contributed by atoms with Gasteiger partial charge in [0.05, 0.1) is 41.9 Å². The van der Waals surface area contributed by atoms with Crippen molar-refractivity contribution in [1.82, 2.24) is 20.1 Å². The number of benzene rings is 1. The number of nitrogen functional groups attached to an aromatic ring is 1. The lowest BCUT2D eigenvalue weighted by atomic mass is 9.87. The van der Waals surface area contributed by atoms with Gasteiger partial charge in [-0.15, -0.1) is 0 Å². The summed E-state index contributed by atoms with van der Waals surface area (Å²) in [4.78, 5) is 4.96. The van der Waals surface area contributed by atoms with Gasteiger partial charge in [0.15, 0.2) is 6.30 Å². The molecule has 1 aliphatic heterocycles. The Labute approximate surface area is 145 Å². The molecule has 9 heteroatoms. The largest absolute Gasteiger partial charge is 0.401 e. The van der Waals surface area contributed by atoms with Crippen LogP contribution in [0, 0.1) is 0 Å². The molecule has 2 atom stereocenters. The van der Waals surface area contributed by atoms with Crippen LogP contribution in [0.3, 0.4) is 0 Å². The summed E-state index contributed by atoms with van der Waals surface area (Å²) in [6.45, 7) is -1.37. The fourth-order valence-corrected chi connectivity index (χ4v) is 3.51. The number of nitrogens with two attached hydrogens (primary N) is 1. The average molecular weight is 365 g/mol. The lowest BCUT2D eigenvalue weighted by Crippen LogP contribution is -2.46. The summed E-state index contributed by atoms with van der Waals surface area (Å²) in [7, 11) is 0. The maximum absolute atomic E-state index is 14.8. The van der Waals surface area contributed by atoms with Crippen LogP contribution in [0.4, 0.5) is 23.2 Å². The van der Waals surface area contributed by atoms with Crippen molar-refractivity contribution in [2.45, 2.75) is 24.9 Å². The van der Waals surface area contributed by atoms with Crippen LogP contribution in [0.1, 0.15) is 22.9 Å². The summed E-state index contributed by atoms with van der Waals surface area (Å²) in [5, 5.41) is 7.45. The molecule has 3 N–H and O–H groups in total. The molecule has 1 aliphatic rings. The number of H-pyrrole nitrogens is 1. The summed E-state index contributed by atoms with van der Waals surface area (Å²) in [5.74, 6) is 0. The van der Waals surface area contributed by atoms with Gasteiger partial charge in [-0.2, -0.15) is 18.3 Å². The van der Waals surface area contributed by atoms with Gasteiger partial charge in [0.1, 0.15) is 0 Å². The summed E-state index contributed by atoms with van der Waals surface area (Å²) in [5.41, 5.74) is 8.28. The molecule has 3 heterocycles. The van der Waals surface area contributed by atoms with Gasteiger partial charge < -0.3 is 5.73 Å². The van der Waals surface area contributed by atoms with E-state index in [1.807, 2.05) is 0 Å². The standard InChI is InChI=1S/C17H15F4N5/c18-15-5-11-10(2-4-13-12(11)7-24-25-13)16(26(15)8-17(19,20)21)14-3-1-9(22)6-23-14/h1-4,6-7,15-16H,5,8,22H2,(H,24,25)/t15-,16-/m0/s1. The zero-order valence-electron chi connectivity index (χ0n) is 13.5. The second kappa shape index (κ2) is 5.94. The molecular weight excluding hydrogens is 350 g/mol. The Hall–Kier alpha value is -2.68. The van der Waals surface area contributed by atoms with E-state index < -0.39 is 25.1 Å². The number of nitrogens with zero attached hydrogens (tertiary/aromatic N) is 3. The lowest BCUT2D eigenvalue weighted by Gasteiger charge is -2.39. The van der Waals surface area contributed by atoms with Crippen molar-refractivity contribution in [2.75, 3.05) is 12.3 Å². The first-order valence-corrected chi connectivity index (χ1v) is 7.96. The van der Waals surface area contributed by atoms with Gasteiger partial charge in [0, 0.05) is 11.8 Å². The Morgan fingerprint density at radius 1 is 1.19 bits per heavy atom. The summed E-state index contributed by atoms with van der Waals surface area (Å²) >= 11 is 0. The lowest BCUT2D eigenvalue weighted by molar-refractivity contribution is -0.165. The van der Waals surface area contributed by atoms with Gasteiger partial charge in [-0.1, -0.05) is 6.07 Å². The van der Waals surface area contributed by atoms with E-state index >= 15 is 0 Å². The molecule has 0 spiro atoms. The third-order valence-corrected chi connectivity index (χ3v) is 4.58. The fourth-order valence-electron chi connectivity index (χ4n) is 3.51. The number of rotatable bonds is 2. The van der Waals surface area contributed by atoms with Crippen LogP contribution in [0.2, 0.25) is 0 Å². The molecule has 0 bridgehead atoms. The fraction of sp³-hybridized carbons (Fsp3) is 0.294. The molecule has 26 heavy (non-hydrogen) atoms. The highest BCUT2D eigenvalue weighted by Crippen LogP contribution is 2.41. The molecule has 136 valence electrons. The molecule has 0 amide bonds. The van der Waals surface area contributed by atoms with E-state index in [2.05, 4.69) is 15.2 Å². The van der Waals surface area contributed by atoms with Crippen LogP contribution in [-0.2, 0) is 6.42 Å². The van der Waals surface area contributed by atoms with Crippen LogP contribution in [0.25, 0.3) is 10.9 Å². The maximum Gasteiger partial charge on any atom is 0.401 e. The maximum atomic E-state index is 14.8. The van der Waals surface area contributed by atoms with Crippen LogP contribution in [-0.4, -0.2) is 39.1 Å². The number of aromatic amines is 1. The number of anilines is 1. The molecule has 0 aliphatic carbocycles. The van der Waals surface area contributed by atoms with Crippen molar-refractivity contribution in [3.63, 3.8) is 0 Å². The first kappa shape index (κ1) is 16.8. The number of pyridine rings is 1. The van der Waals surface area contributed by atoms with Crippen molar-refractivity contribution < 1.29 is 17.6 Å². The Morgan fingerprint density at radius 3 is 2.69 bits per heavy atom.